The zero-order chi connectivity index (χ0) is 18.5. The summed E-state index contributed by atoms with van der Waals surface area (Å²) in [5.74, 6) is -0.722. The predicted molar refractivity (Wildman–Crippen MR) is 97.1 cm³/mol. The first kappa shape index (κ1) is 18.1. The van der Waals surface area contributed by atoms with Gasteiger partial charge in [-0.25, -0.2) is 0 Å². The molecule has 2 amide bonds. The van der Waals surface area contributed by atoms with E-state index < -0.39 is 11.8 Å². The minimum Gasteiger partial charge on any atom is -0.334 e. The highest BCUT2D eigenvalue weighted by Gasteiger charge is 2.30. The zero-order valence-electron chi connectivity index (χ0n) is 14.9. The lowest BCUT2D eigenvalue weighted by Gasteiger charge is -2.33. The van der Waals surface area contributed by atoms with Gasteiger partial charge in [-0.05, 0) is 30.9 Å². The number of benzene rings is 1. The molecule has 0 saturated carbocycles. The summed E-state index contributed by atoms with van der Waals surface area (Å²) in [5.41, 5.74) is 7.01. The van der Waals surface area contributed by atoms with Gasteiger partial charge in [-0.15, -0.1) is 5.10 Å². The van der Waals surface area contributed by atoms with Crippen molar-refractivity contribution in [2.24, 2.45) is 11.7 Å². The van der Waals surface area contributed by atoms with Crippen LogP contribution in [-0.2, 0) is 22.7 Å². The number of para-hydroxylation sites is 1. The molecule has 0 aliphatic carbocycles. The SMILES string of the molecule is CN(C(=O)C(=O)N1CCC[C@H](Cn2cc(CN)nn2)C1)c1ccccc1. The molecule has 138 valence electrons. The van der Waals surface area contributed by atoms with Crippen LogP contribution < -0.4 is 10.6 Å². The fourth-order valence-electron chi connectivity index (χ4n) is 3.23. The van der Waals surface area contributed by atoms with E-state index in [0.717, 1.165) is 18.5 Å². The summed E-state index contributed by atoms with van der Waals surface area (Å²) in [6.45, 7) is 2.18. The molecule has 0 unspecified atom stereocenters. The maximum absolute atomic E-state index is 12.6. The van der Waals surface area contributed by atoms with Gasteiger partial charge in [0, 0.05) is 45.1 Å². The molecule has 0 radical (unpaired) electrons. The van der Waals surface area contributed by atoms with Gasteiger partial charge in [-0.3, -0.25) is 14.3 Å². The monoisotopic (exact) mass is 356 g/mol. The Balaban J connectivity index is 1.61. The molecule has 0 spiro atoms. The normalized spacial score (nSPS) is 17.2. The number of likely N-dealkylation sites (N-methyl/N-ethyl adjacent to an activating group) is 1. The van der Waals surface area contributed by atoms with Gasteiger partial charge in [-0.1, -0.05) is 23.4 Å². The topological polar surface area (TPSA) is 97.4 Å². The number of hydrogen-bond donors (Lipinski definition) is 1. The van der Waals surface area contributed by atoms with Crippen molar-refractivity contribution in [3.05, 3.63) is 42.2 Å². The van der Waals surface area contributed by atoms with Crippen molar-refractivity contribution < 1.29 is 9.59 Å². The van der Waals surface area contributed by atoms with Crippen LogP contribution in [0, 0.1) is 5.92 Å². The Kier molecular flexibility index (Phi) is 5.62. The standard InChI is InChI=1S/C18H24N6O2/c1-22(16-7-3-2-4-8-16)17(25)18(26)23-9-5-6-14(11-23)12-24-13-15(10-19)20-21-24/h2-4,7-8,13-14H,5-6,9-12,19H2,1H3/t14-/m0/s1. The Morgan fingerprint density at radius 3 is 2.77 bits per heavy atom. The van der Waals surface area contributed by atoms with Crippen LogP contribution >= 0.6 is 0 Å². The van der Waals surface area contributed by atoms with Crippen molar-refractivity contribution in [2.75, 3.05) is 25.0 Å². The highest BCUT2D eigenvalue weighted by atomic mass is 16.2. The zero-order valence-corrected chi connectivity index (χ0v) is 14.9. The molecule has 2 heterocycles. The number of carbonyl (C=O) groups is 2. The Bertz CT molecular complexity index is 760. The molecule has 8 heteroatoms. The molecular formula is C18H24N6O2. The molecule has 26 heavy (non-hydrogen) atoms. The summed E-state index contributed by atoms with van der Waals surface area (Å²) < 4.78 is 1.76. The van der Waals surface area contributed by atoms with E-state index in [9.17, 15) is 9.59 Å². The highest BCUT2D eigenvalue weighted by molar-refractivity contribution is 6.40. The summed E-state index contributed by atoms with van der Waals surface area (Å²) in [7, 11) is 1.63. The molecule has 1 aliphatic rings. The van der Waals surface area contributed by atoms with Crippen LogP contribution in [0.15, 0.2) is 36.5 Å². The molecular weight excluding hydrogens is 332 g/mol. The van der Waals surface area contributed by atoms with Gasteiger partial charge >= 0.3 is 11.8 Å². The van der Waals surface area contributed by atoms with Crippen molar-refractivity contribution in [3.8, 4) is 0 Å². The molecule has 0 bridgehead atoms. The van der Waals surface area contributed by atoms with Crippen LogP contribution in [0.25, 0.3) is 0 Å². The van der Waals surface area contributed by atoms with Crippen LogP contribution in [-0.4, -0.2) is 51.8 Å². The summed E-state index contributed by atoms with van der Waals surface area (Å²) in [4.78, 5) is 28.2. The van der Waals surface area contributed by atoms with E-state index in [1.54, 1.807) is 16.6 Å². The number of aromatic nitrogens is 3. The molecule has 1 fully saturated rings. The predicted octanol–water partition coefficient (Wildman–Crippen LogP) is 0.638. The van der Waals surface area contributed by atoms with Gasteiger partial charge < -0.3 is 15.5 Å². The molecule has 2 aromatic rings. The second-order valence-electron chi connectivity index (χ2n) is 6.60. The number of hydrogen-bond acceptors (Lipinski definition) is 5. The number of nitrogens with zero attached hydrogens (tertiary/aromatic N) is 5. The van der Waals surface area contributed by atoms with Gasteiger partial charge in [-0.2, -0.15) is 0 Å². The van der Waals surface area contributed by atoms with E-state index in [1.165, 1.54) is 4.90 Å². The molecule has 1 aromatic heterocycles. The quantitative estimate of drug-likeness (QED) is 0.811. The second-order valence-corrected chi connectivity index (χ2v) is 6.60. The lowest BCUT2D eigenvalue weighted by atomic mass is 9.98. The molecule has 1 atom stereocenters. The molecule has 1 saturated heterocycles. The van der Waals surface area contributed by atoms with E-state index in [4.69, 9.17) is 5.73 Å². The smallest absolute Gasteiger partial charge is 0.316 e. The highest BCUT2D eigenvalue weighted by Crippen LogP contribution is 2.19. The Labute approximate surface area is 152 Å². The van der Waals surface area contributed by atoms with Crippen molar-refractivity contribution in [1.82, 2.24) is 19.9 Å². The third-order valence-electron chi connectivity index (χ3n) is 4.68. The first-order valence-corrected chi connectivity index (χ1v) is 8.79. The summed E-state index contributed by atoms with van der Waals surface area (Å²) in [6, 6.07) is 9.18. The fraction of sp³-hybridized carbons (Fsp3) is 0.444. The minimum atomic E-state index is -0.511. The number of rotatable bonds is 4. The molecule has 2 N–H and O–H groups in total. The largest absolute Gasteiger partial charge is 0.334 e. The summed E-state index contributed by atoms with van der Waals surface area (Å²) in [5, 5.41) is 8.05. The van der Waals surface area contributed by atoms with Crippen molar-refractivity contribution >= 4 is 17.5 Å². The van der Waals surface area contributed by atoms with Crippen LogP contribution in [0.4, 0.5) is 5.69 Å². The number of anilines is 1. The van der Waals surface area contributed by atoms with E-state index >= 15 is 0 Å². The number of likely N-dealkylation sites (tertiary alicyclic amines) is 1. The minimum absolute atomic E-state index is 0.245. The molecule has 8 nitrogen and oxygen atoms in total. The second kappa shape index (κ2) is 8.09. The van der Waals surface area contributed by atoms with Gasteiger partial charge in [0.1, 0.15) is 0 Å². The molecule has 1 aromatic carbocycles. The average Bonchev–Trinajstić information content (AvgIpc) is 3.14. The first-order chi connectivity index (χ1) is 12.6. The van der Waals surface area contributed by atoms with E-state index in [1.807, 2.05) is 36.5 Å². The molecule has 1 aliphatic heterocycles. The van der Waals surface area contributed by atoms with Gasteiger partial charge in [0.15, 0.2) is 0 Å². The number of amides is 2. The third-order valence-corrected chi connectivity index (χ3v) is 4.68. The average molecular weight is 356 g/mol. The van der Waals surface area contributed by atoms with Crippen LogP contribution in [0.2, 0.25) is 0 Å². The number of piperidine rings is 1. The Hall–Kier alpha value is -2.74. The number of carbonyl (C=O) groups excluding carboxylic acids is 2. The third kappa shape index (κ3) is 4.08. The lowest BCUT2D eigenvalue weighted by molar-refractivity contribution is -0.145. The van der Waals surface area contributed by atoms with E-state index in [-0.39, 0.29) is 5.92 Å². The summed E-state index contributed by atoms with van der Waals surface area (Å²) >= 11 is 0. The maximum atomic E-state index is 12.6. The molecule has 3 rings (SSSR count). The van der Waals surface area contributed by atoms with Gasteiger partial charge in [0.25, 0.3) is 0 Å². The van der Waals surface area contributed by atoms with E-state index in [0.29, 0.717) is 31.9 Å². The van der Waals surface area contributed by atoms with Crippen molar-refractivity contribution in [3.63, 3.8) is 0 Å². The lowest BCUT2D eigenvalue weighted by Crippen LogP contribution is -2.48. The summed E-state index contributed by atoms with van der Waals surface area (Å²) in [6.07, 6.45) is 3.69. The Morgan fingerprint density at radius 1 is 1.31 bits per heavy atom. The van der Waals surface area contributed by atoms with Crippen LogP contribution in [0.1, 0.15) is 18.5 Å². The Morgan fingerprint density at radius 2 is 2.08 bits per heavy atom. The van der Waals surface area contributed by atoms with Gasteiger partial charge in [0.2, 0.25) is 0 Å². The van der Waals surface area contributed by atoms with Crippen LogP contribution in [0.5, 0.6) is 0 Å². The first-order valence-electron chi connectivity index (χ1n) is 8.79. The number of nitrogens with two attached hydrogens (primary N) is 1. The van der Waals surface area contributed by atoms with Crippen molar-refractivity contribution in [1.29, 1.82) is 0 Å². The van der Waals surface area contributed by atoms with Crippen LogP contribution in [0.3, 0.4) is 0 Å². The fourth-order valence-corrected chi connectivity index (χ4v) is 3.23. The maximum Gasteiger partial charge on any atom is 0.316 e. The van der Waals surface area contributed by atoms with E-state index in [2.05, 4.69) is 10.3 Å². The van der Waals surface area contributed by atoms with Crippen molar-refractivity contribution in [2.45, 2.75) is 25.9 Å². The van der Waals surface area contributed by atoms with Gasteiger partial charge in [0.05, 0.1) is 5.69 Å².